The van der Waals surface area contributed by atoms with E-state index in [-0.39, 0.29) is 26.4 Å². The van der Waals surface area contributed by atoms with E-state index < -0.39 is 18.5 Å². The highest BCUT2D eigenvalue weighted by Crippen LogP contribution is 2.04. The summed E-state index contributed by atoms with van der Waals surface area (Å²) in [7, 11) is 0. The van der Waals surface area contributed by atoms with E-state index in [1.165, 1.54) is 0 Å². The van der Waals surface area contributed by atoms with Gasteiger partial charge in [-0.1, -0.05) is 0 Å². The molecule has 0 aromatic heterocycles. The zero-order chi connectivity index (χ0) is 20.3. The molecule has 1 rings (SSSR count). The lowest BCUT2D eigenvalue weighted by atomic mass is 10.2. The minimum absolute atomic E-state index is 0.263. The zero-order valence-corrected chi connectivity index (χ0v) is 16.5. The summed E-state index contributed by atoms with van der Waals surface area (Å²) >= 11 is 0. The van der Waals surface area contributed by atoms with Crippen molar-refractivity contribution in [3.05, 3.63) is 0 Å². The lowest BCUT2D eigenvalue weighted by Gasteiger charge is -2.07. The molecule has 0 aromatic carbocycles. The molecule has 1 saturated heterocycles. The van der Waals surface area contributed by atoms with Crippen molar-refractivity contribution in [2.45, 2.75) is 64.2 Å². The molecule has 0 bridgehead atoms. The third kappa shape index (κ3) is 14.9. The van der Waals surface area contributed by atoms with E-state index >= 15 is 0 Å². The predicted octanol–water partition coefficient (Wildman–Crippen LogP) is 4.36. The molecule has 0 aliphatic carbocycles. The Kier molecular flexibility index (Phi) is 14.4. The monoisotopic (exact) mass is 404 g/mol. The van der Waals surface area contributed by atoms with E-state index in [1.54, 1.807) is 0 Å². The standard InChI is InChI=1S/C19H32O9/c20-17-23-11-5-1-2-6-12-24-18(21)26-14-8-4-10-16-28-19(22)27-15-9-3-7-13-25-17/h1-16H2. The molecule has 0 aromatic rings. The van der Waals surface area contributed by atoms with Crippen molar-refractivity contribution in [2.75, 3.05) is 39.6 Å². The normalized spacial score (nSPS) is 21.2. The van der Waals surface area contributed by atoms with E-state index in [9.17, 15) is 14.4 Å². The van der Waals surface area contributed by atoms with Gasteiger partial charge in [0.1, 0.15) is 0 Å². The van der Waals surface area contributed by atoms with E-state index in [1.807, 2.05) is 0 Å². The van der Waals surface area contributed by atoms with Crippen molar-refractivity contribution < 1.29 is 42.8 Å². The van der Waals surface area contributed by atoms with Gasteiger partial charge in [0.2, 0.25) is 0 Å². The zero-order valence-electron chi connectivity index (χ0n) is 16.5. The Morgan fingerprint density at radius 2 is 0.500 bits per heavy atom. The second-order valence-electron chi connectivity index (χ2n) is 6.38. The molecule has 0 amide bonds. The van der Waals surface area contributed by atoms with Gasteiger partial charge >= 0.3 is 18.5 Å². The Morgan fingerprint density at radius 3 is 0.714 bits per heavy atom. The van der Waals surface area contributed by atoms with Crippen LogP contribution in [0.25, 0.3) is 0 Å². The number of hydrogen-bond donors (Lipinski definition) is 0. The number of carbonyl (C=O) groups is 3. The largest absolute Gasteiger partial charge is 0.508 e. The third-order valence-corrected chi connectivity index (χ3v) is 3.94. The highest BCUT2D eigenvalue weighted by molar-refractivity contribution is 5.60. The van der Waals surface area contributed by atoms with Crippen molar-refractivity contribution in [1.82, 2.24) is 0 Å². The van der Waals surface area contributed by atoms with Crippen LogP contribution >= 0.6 is 0 Å². The van der Waals surface area contributed by atoms with Crippen molar-refractivity contribution in [3.8, 4) is 0 Å². The Labute approximate surface area is 165 Å². The average Bonchev–Trinajstić information content (AvgIpc) is 2.67. The lowest BCUT2D eigenvalue weighted by molar-refractivity contribution is 0.0488. The number of cyclic esters (lactones) is 6. The Bertz CT molecular complexity index is 401. The minimum atomic E-state index is -0.690. The molecular formula is C19H32O9. The summed E-state index contributed by atoms with van der Waals surface area (Å²) in [5.41, 5.74) is 0. The fourth-order valence-electron chi connectivity index (χ4n) is 2.38. The fourth-order valence-corrected chi connectivity index (χ4v) is 2.38. The summed E-state index contributed by atoms with van der Waals surface area (Å²) in [6.45, 7) is 1.68. The Morgan fingerprint density at radius 1 is 0.321 bits per heavy atom. The second kappa shape index (κ2) is 16.9. The van der Waals surface area contributed by atoms with E-state index in [0.29, 0.717) is 38.9 Å². The lowest BCUT2D eigenvalue weighted by Crippen LogP contribution is -2.11. The molecule has 0 spiro atoms. The molecule has 9 nitrogen and oxygen atoms in total. The van der Waals surface area contributed by atoms with E-state index in [0.717, 1.165) is 38.5 Å². The summed E-state index contributed by atoms with van der Waals surface area (Å²) in [6, 6.07) is 0. The molecule has 0 radical (unpaired) electrons. The van der Waals surface area contributed by atoms with Crippen molar-refractivity contribution in [1.29, 1.82) is 0 Å². The van der Waals surface area contributed by atoms with Crippen molar-refractivity contribution >= 4 is 18.5 Å². The maximum atomic E-state index is 11.4. The van der Waals surface area contributed by atoms with Crippen LogP contribution in [0.4, 0.5) is 14.4 Å². The van der Waals surface area contributed by atoms with Gasteiger partial charge in [0.05, 0.1) is 39.6 Å². The predicted molar refractivity (Wildman–Crippen MR) is 98.1 cm³/mol. The van der Waals surface area contributed by atoms with Gasteiger partial charge in [-0.3, -0.25) is 0 Å². The van der Waals surface area contributed by atoms with Gasteiger partial charge in [0.25, 0.3) is 0 Å². The highest BCUT2D eigenvalue weighted by Gasteiger charge is 2.07. The molecule has 0 atom stereocenters. The highest BCUT2D eigenvalue weighted by atomic mass is 16.7. The fraction of sp³-hybridized carbons (Fsp3) is 0.842. The number of carbonyl (C=O) groups excluding carboxylic acids is 3. The summed E-state index contributed by atoms with van der Waals surface area (Å²) in [5, 5.41) is 0. The van der Waals surface area contributed by atoms with Crippen molar-refractivity contribution in [2.24, 2.45) is 0 Å². The minimum Gasteiger partial charge on any atom is -0.434 e. The van der Waals surface area contributed by atoms with Crippen LogP contribution in [0.1, 0.15) is 64.2 Å². The van der Waals surface area contributed by atoms with Gasteiger partial charge in [-0.15, -0.1) is 0 Å². The molecule has 1 aliphatic heterocycles. The first-order valence-corrected chi connectivity index (χ1v) is 10.1. The Hall–Kier alpha value is -2.19. The van der Waals surface area contributed by atoms with Crippen LogP contribution in [-0.2, 0) is 28.4 Å². The van der Waals surface area contributed by atoms with Crippen LogP contribution in [0.5, 0.6) is 0 Å². The summed E-state index contributed by atoms with van der Waals surface area (Å²) in [6.07, 6.45) is 5.38. The maximum absolute atomic E-state index is 11.4. The summed E-state index contributed by atoms with van der Waals surface area (Å²) in [5.74, 6) is 0. The maximum Gasteiger partial charge on any atom is 0.508 e. The molecule has 0 unspecified atom stereocenters. The van der Waals surface area contributed by atoms with Crippen LogP contribution in [0.3, 0.4) is 0 Å². The average molecular weight is 404 g/mol. The van der Waals surface area contributed by atoms with Crippen molar-refractivity contribution in [3.63, 3.8) is 0 Å². The summed E-state index contributed by atoms with van der Waals surface area (Å²) in [4.78, 5) is 34.2. The smallest absolute Gasteiger partial charge is 0.434 e. The van der Waals surface area contributed by atoms with Crippen LogP contribution in [-0.4, -0.2) is 58.1 Å². The van der Waals surface area contributed by atoms with Gasteiger partial charge in [0, 0.05) is 0 Å². The molecule has 1 aliphatic rings. The van der Waals surface area contributed by atoms with Crippen LogP contribution in [0, 0.1) is 0 Å². The number of rotatable bonds is 0. The van der Waals surface area contributed by atoms with Gasteiger partial charge in [0.15, 0.2) is 0 Å². The molecule has 162 valence electrons. The first kappa shape index (κ1) is 23.8. The summed E-state index contributed by atoms with van der Waals surface area (Å²) < 4.78 is 29.8. The van der Waals surface area contributed by atoms with Gasteiger partial charge in [-0.25, -0.2) is 14.4 Å². The van der Waals surface area contributed by atoms with E-state index in [2.05, 4.69) is 0 Å². The van der Waals surface area contributed by atoms with Gasteiger partial charge < -0.3 is 28.4 Å². The van der Waals surface area contributed by atoms with Gasteiger partial charge in [-0.05, 0) is 64.2 Å². The number of hydrogen-bond acceptors (Lipinski definition) is 9. The van der Waals surface area contributed by atoms with E-state index in [4.69, 9.17) is 28.4 Å². The molecule has 1 heterocycles. The van der Waals surface area contributed by atoms with Crippen LogP contribution < -0.4 is 0 Å². The molecule has 0 saturated carbocycles. The van der Waals surface area contributed by atoms with Crippen LogP contribution in [0.15, 0.2) is 0 Å². The SMILES string of the molecule is O=C1OCCCCCCOC(=O)OCCCCCOC(=O)OCCCCCO1. The Balaban J connectivity index is 2.22. The molecular weight excluding hydrogens is 372 g/mol. The quantitative estimate of drug-likeness (QED) is 0.430. The molecule has 28 heavy (non-hydrogen) atoms. The molecule has 9 heteroatoms. The topological polar surface area (TPSA) is 107 Å². The first-order chi connectivity index (χ1) is 13.7. The van der Waals surface area contributed by atoms with Crippen LogP contribution in [0.2, 0.25) is 0 Å². The first-order valence-electron chi connectivity index (χ1n) is 10.1. The number of ether oxygens (including phenoxy) is 6. The van der Waals surface area contributed by atoms with Gasteiger partial charge in [-0.2, -0.15) is 0 Å². The second-order valence-corrected chi connectivity index (χ2v) is 6.38. The third-order valence-electron chi connectivity index (χ3n) is 3.94. The molecule has 0 N–H and O–H groups in total. The molecule has 1 fully saturated rings.